The maximum Gasteiger partial charge on any atom is 0.115 e. The molecule has 2 heteroatoms. The number of rotatable bonds is 2. The maximum absolute atomic E-state index is 9.33. The molecule has 0 saturated heterocycles. The summed E-state index contributed by atoms with van der Waals surface area (Å²) in [4.78, 5) is 0. The summed E-state index contributed by atoms with van der Waals surface area (Å²) in [5, 5.41) is 9.33. The standard InChI is InChI=1S/C17H18O.C2H6.CH3B.CH4/c18-17-10-8-14(9-11-17)16-7-6-15(12-16)13-4-2-1-3-5-13;2*1-2;/h1-5,8-11,15-16,18H,6-7,12H2;1-2H3;1H3;1H4. The van der Waals surface area contributed by atoms with E-state index in [1.54, 1.807) is 12.1 Å². The Morgan fingerprint density at radius 3 is 1.70 bits per heavy atom. The lowest BCUT2D eigenvalue weighted by atomic mass is 9.93. The van der Waals surface area contributed by atoms with Crippen LogP contribution in [0, 0.1) is 0 Å². The van der Waals surface area contributed by atoms with E-state index in [9.17, 15) is 5.11 Å². The summed E-state index contributed by atoms with van der Waals surface area (Å²) in [7, 11) is 4.50. The molecule has 0 aliphatic heterocycles. The molecule has 2 unspecified atom stereocenters. The fourth-order valence-corrected chi connectivity index (χ4v) is 3.06. The number of benzene rings is 2. The fourth-order valence-electron chi connectivity index (χ4n) is 3.06. The summed E-state index contributed by atoms with van der Waals surface area (Å²) < 4.78 is 0. The molecule has 23 heavy (non-hydrogen) atoms. The van der Waals surface area contributed by atoms with Gasteiger partial charge in [-0.25, -0.2) is 0 Å². The first kappa shape index (κ1) is 21.3. The highest BCUT2D eigenvalue weighted by molar-refractivity contribution is 6.05. The zero-order valence-corrected chi connectivity index (χ0v) is 14.0. The summed E-state index contributed by atoms with van der Waals surface area (Å²) in [5.74, 6) is 1.71. The van der Waals surface area contributed by atoms with Crippen molar-refractivity contribution >= 4 is 7.85 Å². The SMILES string of the molecule is C.CC.Oc1ccc(C2CCC(c3ccccc3)C2)cc1.[B]C. The van der Waals surface area contributed by atoms with Gasteiger partial charge >= 0.3 is 0 Å². The van der Waals surface area contributed by atoms with Crippen LogP contribution in [0.25, 0.3) is 0 Å². The highest BCUT2D eigenvalue weighted by atomic mass is 16.3. The van der Waals surface area contributed by atoms with Gasteiger partial charge in [0, 0.05) is 0 Å². The predicted octanol–water partition coefficient (Wildman–Crippen LogP) is 6.31. The van der Waals surface area contributed by atoms with Gasteiger partial charge in [-0.05, 0) is 54.4 Å². The monoisotopic (exact) mass is 310 g/mol. The first-order chi connectivity index (χ1) is 10.8. The molecule has 0 aromatic heterocycles. The summed E-state index contributed by atoms with van der Waals surface area (Å²) in [6.45, 7) is 5.50. The zero-order chi connectivity index (χ0) is 16.4. The normalized spacial score (nSPS) is 18.6. The second kappa shape index (κ2) is 11.8. The van der Waals surface area contributed by atoms with Crippen molar-refractivity contribution in [2.24, 2.45) is 0 Å². The maximum atomic E-state index is 9.33. The Balaban J connectivity index is 0.000000901. The average Bonchev–Trinajstić information content (AvgIpc) is 3.10. The lowest BCUT2D eigenvalue weighted by Gasteiger charge is -2.12. The molecule has 0 bridgehead atoms. The molecule has 3 rings (SSSR count). The zero-order valence-electron chi connectivity index (χ0n) is 14.0. The third-order valence-electron chi connectivity index (χ3n) is 4.07. The van der Waals surface area contributed by atoms with E-state index in [-0.39, 0.29) is 7.43 Å². The number of phenolic OH excluding ortho intramolecular Hbond substituents is 1. The van der Waals surface area contributed by atoms with Crippen molar-refractivity contribution in [1.82, 2.24) is 0 Å². The van der Waals surface area contributed by atoms with Crippen LogP contribution in [0.15, 0.2) is 54.6 Å². The Bertz CT molecular complexity index is 507. The van der Waals surface area contributed by atoms with Crippen molar-refractivity contribution in [2.45, 2.75) is 59.2 Å². The van der Waals surface area contributed by atoms with Gasteiger partial charge < -0.3 is 5.11 Å². The van der Waals surface area contributed by atoms with Crippen molar-refractivity contribution in [3.63, 3.8) is 0 Å². The highest BCUT2D eigenvalue weighted by Crippen LogP contribution is 2.43. The van der Waals surface area contributed by atoms with Gasteiger partial charge in [-0.3, -0.25) is 0 Å². The van der Waals surface area contributed by atoms with E-state index in [2.05, 4.69) is 50.3 Å². The van der Waals surface area contributed by atoms with Gasteiger partial charge in [-0.15, -0.1) is 0 Å². The third kappa shape index (κ3) is 6.13. The van der Waals surface area contributed by atoms with Gasteiger partial charge in [0.15, 0.2) is 0 Å². The second-order valence-electron chi connectivity index (χ2n) is 5.21. The van der Waals surface area contributed by atoms with Crippen LogP contribution in [0.3, 0.4) is 0 Å². The Kier molecular flexibility index (Phi) is 10.9. The van der Waals surface area contributed by atoms with Gasteiger partial charge in [0.25, 0.3) is 0 Å². The number of hydrogen-bond acceptors (Lipinski definition) is 1. The minimum absolute atomic E-state index is 0. The molecular formula is C21H31BO. The Hall–Kier alpha value is -1.70. The number of phenols is 1. The summed E-state index contributed by atoms with van der Waals surface area (Å²) in [5.41, 5.74) is 2.84. The van der Waals surface area contributed by atoms with Crippen LogP contribution in [-0.4, -0.2) is 13.0 Å². The fraction of sp³-hybridized carbons (Fsp3) is 0.429. The molecule has 1 aliphatic rings. The molecule has 1 aliphatic carbocycles. The van der Waals surface area contributed by atoms with E-state index in [1.807, 2.05) is 13.8 Å². The number of aromatic hydroxyl groups is 1. The Labute approximate surface area is 144 Å². The molecule has 2 atom stereocenters. The molecular weight excluding hydrogens is 279 g/mol. The quantitative estimate of drug-likeness (QED) is 0.644. The van der Waals surface area contributed by atoms with Crippen molar-refractivity contribution in [3.05, 3.63) is 65.7 Å². The predicted molar refractivity (Wildman–Crippen MR) is 104 cm³/mol. The van der Waals surface area contributed by atoms with Crippen molar-refractivity contribution in [1.29, 1.82) is 0 Å². The van der Waals surface area contributed by atoms with Crippen molar-refractivity contribution in [3.8, 4) is 5.75 Å². The van der Waals surface area contributed by atoms with Gasteiger partial charge in [-0.2, -0.15) is 0 Å². The van der Waals surface area contributed by atoms with Crippen LogP contribution in [0.5, 0.6) is 5.75 Å². The van der Waals surface area contributed by atoms with E-state index in [0.717, 1.165) is 0 Å². The van der Waals surface area contributed by atoms with Crippen LogP contribution in [0.2, 0.25) is 6.82 Å². The first-order valence-electron chi connectivity index (χ1n) is 8.24. The summed E-state index contributed by atoms with van der Waals surface area (Å²) in [6, 6.07) is 18.5. The molecule has 2 aromatic carbocycles. The average molecular weight is 310 g/mol. The molecule has 1 fully saturated rings. The lowest BCUT2D eigenvalue weighted by molar-refractivity contribution is 0.475. The van der Waals surface area contributed by atoms with Gasteiger partial charge in [-0.1, -0.05) is 70.6 Å². The van der Waals surface area contributed by atoms with Gasteiger partial charge in [0.05, 0.1) is 7.85 Å². The third-order valence-corrected chi connectivity index (χ3v) is 4.07. The lowest BCUT2D eigenvalue weighted by Crippen LogP contribution is -1.95. The highest BCUT2D eigenvalue weighted by Gasteiger charge is 2.26. The van der Waals surface area contributed by atoms with Crippen LogP contribution in [0.1, 0.15) is 63.5 Å². The van der Waals surface area contributed by atoms with Crippen molar-refractivity contribution in [2.75, 3.05) is 0 Å². The van der Waals surface area contributed by atoms with Crippen LogP contribution in [0.4, 0.5) is 0 Å². The van der Waals surface area contributed by atoms with E-state index >= 15 is 0 Å². The first-order valence-corrected chi connectivity index (χ1v) is 8.24. The van der Waals surface area contributed by atoms with E-state index < -0.39 is 0 Å². The molecule has 0 amide bonds. The van der Waals surface area contributed by atoms with E-state index in [0.29, 0.717) is 17.6 Å². The largest absolute Gasteiger partial charge is 0.508 e. The van der Waals surface area contributed by atoms with E-state index in [4.69, 9.17) is 0 Å². The Morgan fingerprint density at radius 1 is 0.783 bits per heavy atom. The summed E-state index contributed by atoms with van der Waals surface area (Å²) >= 11 is 0. The minimum Gasteiger partial charge on any atom is -0.508 e. The van der Waals surface area contributed by atoms with Crippen LogP contribution < -0.4 is 0 Å². The van der Waals surface area contributed by atoms with Crippen molar-refractivity contribution < 1.29 is 5.11 Å². The molecule has 2 radical (unpaired) electrons. The molecule has 1 nitrogen and oxygen atoms in total. The van der Waals surface area contributed by atoms with Crippen LogP contribution in [-0.2, 0) is 0 Å². The van der Waals surface area contributed by atoms with Crippen LogP contribution >= 0.6 is 0 Å². The van der Waals surface area contributed by atoms with Gasteiger partial charge in [0.1, 0.15) is 5.75 Å². The Morgan fingerprint density at radius 2 is 1.22 bits per heavy atom. The topological polar surface area (TPSA) is 20.2 Å². The molecule has 2 aromatic rings. The molecule has 0 spiro atoms. The minimum atomic E-state index is 0. The van der Waals surface area contributed by atoms with Gasteiger partial charge in [0.2, 0.25) is 0 Å². The second-order valence-corrected chi connectivity index (χ2v) is 5.21. The van der Waals surface area contributed by atoms with E-state index in [1.165, 1.54) is 37.2 Å². The summed E-state index contributed by atoms with van der Waals surface area (Å²) in [6.07, 6.45) is 3.76. The molecule has 1 saturated carbocycles. The molecule has 124 valence electrons. The smallest absolute Gasteiger partial charge is 0.115 e. The molecule has 1 N–H and O–H groups in total. The number of hydrogen-bond donors (Lipinski definition) is 1. The molecule has 0 heterocycles.